The van der Waals surface area contributed by atoms with Gasteiger partial charge in [-0.1, -0.05) is 0 Å². The molecular weight excluding hydrogens is 304 g/mol. The van der Waals surface area contributed by atoms with Gasteiger partial charge < -0.3 is 20.1 Å². The first kappa shape index (κ1) is 17.9. The summed E-state index contributed by atoms with van der Waals surface area (Å²) in [6, 6.07) is 6.77. The quantitative estimate of drug-likeness (QED) is 0.452. The fraction of sp³-hybridized carbons (Fsp3) is 0.400. The van der Waals surface area contributed by atoms with Gasteiger partial charge in [0.25, 0.3) is 0 Å². The fourth-order valence-electron chi connectivity index (χ4n) is 1.65. The van der Waals surface area contributed by atoms with Crippen molar-refractivity contribution in [1.82, 2.24) is 5.32 Å². The lowest BCUT2D eigenvalue weighted by molar-refractivity contribution is -0.143. The van der Waals surface area contributed by atoms with E-state index in [0.29, 0.717) is 36.7 Å². The third kappa shape index (κ3) is 6.53. The second-order valence-corrected chi connectivity index (χ2v) is 4.77. The highest BCUT2D eigenvalue weighted by Gasteiger charge is 2.05. The van der Waals surface area contributed by atoms with Gasteiger partial charge >= 0.3 is 11.9 Å². The molecule has 2 N–H and O–H groups in total. The zero-order chi connectivity index (χ0) is 16.4. The van der Waals surface area contributed by atoms with Gasteiger partial charge in [0.05, 0.1) is 19.3 Å². The summed E-state index contributed by atoms with van der Waals surface area (Å²) in [7, 11) is 1.34. The first-order chi connectivity index (χ1) is 10.6. The molecule has 1 aromatic rings. The summed E-state index contributed by atoms with van der Waals surface area (Å²) in [4.78, 5) is 22.5. The van der Waals surface area contributed by atoms with E-state index in [2.05, 4.69) is 15.4 Å². The predicted octanol–water partition coefficient (Wildman–Crippen LogP) is 2.10. The molecule has 0 saturated heterocycles. The van der Waals surface area contributed by atoms with Crippen LogP contribution >= 0.6 is 12.2 Å². The van der Waals surface area contributed by atoms with Gasteiger partial charge in [-0.2, -0.15) is 0 Å². The van der Waals surface area contributed by atoms with Gasteiger partial charge in [0.2, 0.25) is 0 Å². The number of rotatable bonds is 7. The molecule has 0 heterocycles. The zero-order valence-corrected chi connectivity index (χ0v) is 13.5. The zero-order valence-electron chi connectivity index (χ0n) is 12.7. The van der Waals surface area contributed by atoms with Crippen molar-refractivity contribution in [3.8, 4) is 0 Å². The molecule has 0 fully saturated rings. The Morgan fingerprint density at radius 2 is 1.91 bits per heavy atom. The third-order valence-electron chi connectivity index (χ3n) is 2.71. The van der Waals surface area contributed by atoms with E-state index >= 15 is 0 Å². The molecule has 6 nitrogen and oxygen atoms in total. The minimum absolute atomic E-state index is 0.207. The van der Waals surface area contributed by atoms with Crippen LogP contribution in [0.25, 0.3) is 0 Å². The van der Waals surface area contributed by atoms with Crippen LogP contribution < -0.4 is 10.6 Å². The van der Waals surface area contributed by atoms with Crippen molar-refractivity contribution < 1.29 is 19.1 Å². The topological polar surface area (TPSA) is 76.7 Å². The van der Waals surface area contributed by atoms with Crippen LogP contribution in [0.1, 0.15) is 30.1 Å². The van der Waals surface area contributed by atoms with E-state index in [1.54, 1.807) is 31.2 Å². The molecule has 1 aromatic carbocycles. The molecule has 0 amide bonds. The Kier molecular flexibility index (Phi) is 7.91. The molecule has 120 valence electrons. The van der Waals surface area contributed by atoms with E-state index in [1.807, 2.05) is 0 Å². The van der Waals surface area contributed by atoms with Crippen molar-refractivity contribution >= 4 is 35.0 Å². The summed E-state index contributed by atoms with van der Waals surface area (Å²) in [6.45, 7) is 2.75. The molecule has 0 atom stereocenters. The van der Waals surface area contributed by atoms with Crippen molar-refractivity contribution in [2.24, 2.45) is 0 Å². The lowest BCUT2D eigenvalue weighted by Gasteiger charge is -2.10. The van der Waals surface area contributed by atoms with Gasteiger partial charge in [0, 0.05) is 18.7 Å². The maximum absolute atomic E-state index is 11.3. The molecule has 0 spiro atoms. The van der Waals surface area contributed by atoms with Crippen LogP contribution in [-0.2, 0) is 14.3 Å². The smallest absolute Gasteiger partial charge is 0.337 e. The van der Waals surface area contributed by atoms with Crippen molar-refractivity contribution in [2.75, 3.05) is 25.6 Å². The second-order valence-electron chi connectivity index (χ2n) is 4.36. The van der Waals surface area contributed by atoms with Crippen LogP contribution in [-0.4, -0.2) is 37.3 Å². The summed E-state index contributed by atoms with van der Waals surface area (Å²) < 4.78 is 9.46. The number of hydrogen-bond acceptors (Lipinski definition) is 5. The van der Waals surface area contributed by atoms with Gasteiger partial charge in [-0.15, -0.1) is 0 Å². The Balaban J connectivity index is 2.30. The number of benzene rings is 1. The van der Waals surface area contributed by atoms with Crippen molar-refractivity contribution in [2.45, 2.75) is 19.8 Å². The highest BCUT2D eigenvalue weighted by Crippen LogP contribution is 2.10. The van der Waals surface area contributed by atoms with Crippen LogP contribution in [0.5, 0.6) is 0 Å². The number of carbonyl (C=O) groups excluding carboxylic acids is 2. The molecular formula is C15H20N2O4S. The molecule has 0 aromatic heterocycles. The molecule has 0 aliphatic carbocycles. The third-order valence-corrected chi connectivity index (χ3v) is 2.96. The highest BCUT2D eigenvalue weighted by molar-refractivity contribution is 7.80. The van der Waals surface area contributed by atoms with E-state index in [1.165, 1.54) is 7.11 Å². The number of methoxy groups -OCH3 is 1. The summed E-state index contributed by atoms with van der Waals surface area (Å²) >= 11 is 5.14. The van der Waals surface area contributed by atoms with Crippen LogP contribution in [0.15, 0.2) is 24.3 Å². The SMILES string of the molecule is CCOC(=O)CCCNC(=S)Nc1ccc(C(=O)OC)cc1. The maximum Gasteiger partial charge on any atom is 0.337 e. The first-order valence-electron chi connectivity index (χ1n) is 6.95. The normalized spacial score (nSPS) is 9.73. The van der Waals surface area contributed by atoms with E-state index in [-0.39, 0.29) is 11.9 Å². The van der Waals surface area contributed by atoms with Crippen LogP contribution in [0, 0.1) is 0 Å². The highest BCUT2D eigenvalue weighted by atomic mass is 32.1. The Hall–Kier alpha value is -2.15. The van der Waals surface area contributed by atoms with Crippen molar-refractivity contribution in [1.29, 1.82) is 0 Å². The molecule has 0 radical (unpaired) electrons. The summed E-state index contributed by atoms with van der Waals surface area (Å²) in [5.74, 6) is -0.590. The largest absolute Gasteiger partial charge is 0.466 e. The molecule has 0 aliphatic rings. The van der Waals surface area contributed by atoms with E-state index in [0.717, 1.165) is 5.69 Å². The molecule has 0 bridgehead atoms. The Bertz CT molecular complexity index is 517. The second kappa shape index (κ2) is 9.73. The van der Waals surface area contributed by atoms with Gasteiger partial charge in [0.1, 0.15) is 0 Å². The maximum atomic E-state index is 11.3. The minimum Gasteiger partial charge on any atom is -0.466 e. The number of nitrogens with one attached hydrogen (secondary N) is 2. The average Bonchev–Trinajstić information content (AvgIpc) is 2.52. The number of esters is 2. The van der Waals surface area contributed by atoms with E-state index in [9.17, 15) is 9.59 Å². The summed E-state index contributed by atoms with van der Waals surface area (Å²) in [5, 5.41) is 6.44. The van der Waals surface area contributed by atoms with E-state index in [4.69, 9.17) is 17.0 Å². The number of carbonyl (C=O) groups is 2. The van der Waals surface area contributed by atoms with Gasteiger partial charge in [-0.25, -0.2) is 4.79 Å². The van der Waals surface area contributed by atoms with Gasteiger partial charge in [-0.05, 0) is 49.8 Å². The van der Waals surface area contributed by atoms with Crippen LogP contribution in [0.2, 0.25) is 0 Å². The molecule has 0 unspecified atom stereocenters. The standard InChI is InChI=1S/C15H20N2O4S/c1-3-21-13(18)5-4-10-16-15(22)17-12-8-6-11(7-9-12)14(19)20-2/h6-9H,3-5,10H2,1-2H3,(H2,16,17,22). The first-order valence-corrected chi connectivity index (χ1v) is 7.36. The molecule has 22 heavy (non-hydrogen) atoms. The minimum atomic E-state index is -0.383. The Labute approximate surface area is 135 Å². The number of hydrogen-bond donors (Lipinski definition) is 2. The monoisotopic (exact) mass is 324 g/mol. The van der Waals surface area contributed by atoms with Gasteiger partial charge in [-0.3, -0.25) is 4.79 Å². The van der Waals surface area contributed by atoms with Crippen molar-refractivity contribution in [3.63, 3.8) is 0 Å². The molecule has 7 heteroatoms. The predicted molar refractivity (Wildman–Crippen MR) is 87.9 cm³/mol. The number of thiocarbonyl (C=S) groups is 1. The molecule has 1 rings (SSSR count). The van der Waals surface area contributed by atoms with Gasteiger partial charge in [0.15, 0.2) is 5.11 Å². The average molecular weight is 324 g/mol. The molecule has 0 aliphatic heterocycles. The Morgan fingerprint density at radius 1 is 1.23 bits per heavy atom. The van der Waals surface area contributed by atoms with E-state index < -0.39 is 0 Å². The summed E-state index contributed by atoms with van der Waals surface area (Å²) in [5.41, 5.74) is 1.23. The van der Waals surface area contributed by atoms with Crippen LogP contribution in [0.4, 0.5) is 5.69 Å². The number of anilines is 1. The Morgan fingerprint density at radius 3 is 2.50 bits per heavy atom. The lowest BCUT2D eigenvalue weighted by Crippen LogP contribution is -2.29. The van der Waals surface area contributed by atoms with Crippen molar-refractivity contribution in [3.05, 3.63) is 29.8 Å². The summed E-state index contributed by atoms with van der Waals surface area (Å²) in [6.07, 6.45) is 0.999. The fourth-order valence-corrected chi connectivity index (χ4v) is 1.87. The number of ether oxygens (including phenoxy) is 2. The lowest BCUT2D eigenvalue weighted by atomic mass is 10.2. The molecule has 0 saturated carbocycles. The van der Waals surface area contributed by atoms with Crippen LogP contribution in [0.3, 0.4) is 0 Å².